The topological polar surface area (TPSA) is 9.23 Å². The van der Waals surface area contributed by atoms with Gasteiger partial charge in [0.25, 0.3) is 0 Å². The van der Waals surface area contributed by atoms with Crippen molar-refractivity contribution in [1.82, 2.24) is 0 Å². The maximum absolute atomic E-state index is 5.88. The lowest BCUT2D eigenvalue weighted by molar-refractivity contribution is 0.0169. The third-order valence-corrected chi connectivity index (χ3v) is 3.58. The Balaban J connectivity index is 2.11. The number of ether oxygens (including phenoxy) is 1. The van der Waals surface area contributed by atoms with Gasteiger partial charge in [-0.2, -0.15) is 0 Å². The van der Waals surface area contributed by atoms with Crippen molar-refractivity contribution >= 4 is 10.8 Å². The molecule has 1 atom stereocenters. The number of hydrogen-bond acceptors (Lipinski definition) is 1. The number of hydrogen-bond donors (Lipinski definition) is 0. The van der Waals surface area contributed by atoms with Gasteiger partial charge in [0.1, 0.15) is 0 Å². The molecular formula is C15H16O. The van der Waals surface area contributed by atoms with E-state index in [-0.39, 0.29) is 5.60 Å². The van der Waals surface area contributed by atoms with Crippen molar-refractivity contribution in [1.29, 1.82) is 0 Å². The minimum absolute atomic E-state index is 0.0654. The normalized spacial score (nSPS) is 25.1. The van der Waals surface area contributed by atoms with Crippen molar-refractivity contribution in [3.8, 4) is 0 Å². The summed E-state index contributed by atoms with van der Waals surface area (Å²) in [6, 6.07) is 15.1. The summed E-state index contributed by atoms with van der Waals surface area (Å²) in [4.78, 5) is 0. The van der Waals surface area contributed by atoms with Gasteiger partial charge in [-0.25, -0.2) is 0 Å². The van der Waals surface area contributed by atoms with Crippen molar-refractivity contribution in [2.24, 2.45) is 0 Å². The van der Waals surface area contributed by atoms with Crippen molar-refractivity contribution in [3.05, 3.63) is 48.0 Å². The molecule has 16 heavy (non-hydrogen) atoms. The maximum Gasteiger partial charge on any atom is 0.0904 e. The number of fused-ring (bicyclic) bond motifs is 1. The molecule has 0 N–H and O–H groups in total. The lowest BCUT2D eigenvalue weighted by atomic mass is 9.91. The first-order valence-electron chi connectivity index (χ1n) is 5.91. The molecule has 1 aliphatic rings. The molecule has 0 radical (unpaired) electrons. The predicted molar refractivity (Wildman–Crippen MR) is 66.5 cm³/mol. The first kappa shape index (κ1) is 9.86. The Labute approximate surface area is 96.0 Å². The van der Waals surface area contributed by atoms with E-state index in [0.717, 1.165) is 13.0 Å². The monoisotopic (exact) mass is 212 g/mol. The quantitative estimate of drug-likeness (QED) is 0.697. The van der Waals surface area contributed by atoms with Crippen LogP contribution >= 0.6 is 0 Å². The molecule has 0 saturated carbocycles. The summed E-state index contributed by atoms with van der Waals surface area (Å²) in [7, 11) is 0. The zero-order chi connectivity index (χ0) is 11.0. The molecule has 0 bridgehead atoms. The highest BCUT2D eigenvalue weighted by atomic mass is 16.5. The van der Waals surface area contributed by atoms with Crippen LogP contribution in [-0.2, 0) is 10.3 Å². The molecule has 0 aliphatic carbocycles. The van der Waals surface area contributed by atoms with Gasteiger partial charge in [0.05, 0.1) is 5.60 Å². The van der Waals surface area contributed by atoms with Gasteiger partial charge in [0.2, 0.25) is 0 Å². The van der Waals surface area contributed by atoms with E-state index in [1.807, 2.05) is 0 Å². The van der Waals surface area contributed by atoms with E-state index in [9.17, 15) is 0 Å². The van der Waals surface area contributed by atoms with Crippen LogP contribution in [0.1, 0.15) is 25.3 Å². The third kappa shape index (κ3) is 1.52. The Morgan fingerprint density at radius 2 is 1.88 bits per heavy atom. The van der Waals surface area contributed by atoms with E-state index in [4.69, 9.17) is 4.74 Å². The average Bonchev–Trinajstić information content (AvgIpc) is 2.77. The molecule has 0 unspecified atom stereocenters. The van der Waals surface area contributed by atoms with E-state index in [2.05, 4.69) is 49.4 Å². The van der Waals surface area contributed by atoms with Crippen molar-refractivity contribution in [2.75, 3.05) is 6.61 Å². The Morgan fingerprint density at radius 3 is 2.62 bits per heavy atom. The molecule has 1 fully saturated rings. The zero-order valence-electron chi connectivity index (χ0n) is 9.57. The molecule has 1 heterocycles. The van der Waals surface area contributed by atoms with Crippen LogP contribution in [0.2, 0.25) is 0 Å². The molecule has 0 spiro atoms. The minimum atomic E-state index is -0.0654. The summed E-state index contributed by atoms with van der Waals surface area (Å²) in [6.07, 6.45) is 2.30. The smallest absolute Gasteiger partial charge is 0.0904 e. The lowest BCUT2D eigenvalue weighted by Crippen LogP contribution is -2.19. The van der Waals surface area contributed by atoms with Gasteiger partial charge in [-0.05, 0) is 42.2 Å². The number of rotatable bonds is 1. The Bertz CT molecular complexity index is 510. The standard InChI is InChI=1S/C15H16O/c1-15(9-4-10-16-15)14-8-7-12-5-2-3-6-13(12)11-14/h2-3,5-8,11H,4,9-10H2,1H3/t15-/m0/s1. The van der Waals surface area contributed by atoms with Gasteiger partial charge in [-0.15, -0.1) is 0 Å². The van der Waals surface area contributed by atoms with Gasteiger partial charge in [0.15, 0.2) is 0 Å². The van der Waals surface area contributed by atoms with Crippen LogP contribution in [0.15, 0.2) is 42.5 Å². The summed E-state index contributed by atoms with van der Waals surface area (Å²) in [5.41, 5.74) is 1.24. The van der Waals surface area contributed by atoms with Gasteiger partial charge in [-0.1, -0.05) is 36.4 Å². The minimum Gasteiger partial charge on any atom is -0.371 e. The van der Waals surface area contributed by atoms with Crippen LogP contribution in [0.5, 0.6) is 0 Å². The van der Waals surface area contributed by atoms with Crippen LogP contribution in [0.25, 0.3) is 10.8 Å². The molecule has 1 heteroatoms. The fourth-order valence-electron chi connectivity index (χ4n) is 2.53. The van der Waals surface area contributed by atoms with Gasteiger partial charge >= 0.3 is 0 Å². The zero-order valence-corrected chi connectivity index (χ0v) is 9.57. The summed E-state index contributed by atoms with van der Waals surface area (Å²) >= 11 is 0. The van der Waals surface area contributed by atoms with Crippen LogP contribution < -0.4 is 0 Å². The molecule has 2 aromatic carbocycles. The van der Waals surface area contributed by atoms with Crippen LogP contribution in [-0.4, -0.2) is 6.61 Å². The van der Waals surface area contributed by atoms with Crippen molar-refractivity contribution < 1.29 is 4.74 Å². The molecular weight excluding hydrogens is 196 g/mol. The SMILES string of the molecule is C[C@@]1(c2ccc3ccccc3c2)CCCO1. The Morgan fingerprint density at radius 1 is 1.06 bits per heavy atom. The van der Waals surface area contributed by atoms with Crippen molar-refractivity contribution in [3.63, 3.8) is 0 Å². The highest BCUT2D eigenvalue weighted by Crippen LogP contribution is 2.36. The van der Waals surface area contributed by atoms with E-state index < -0.39 is 0 Å². The van der Waals surface area contributed by atoms with Crippen molar-refractivity contribution in [2.45, 2.75) is 25.4 Å². The van der Waals surface area contributed by atoms with E-state index >= 15 is 0 Å². The van der Waals surface area contributed by atoms with E-state index in [0.29, 0.717) is 0 Å². The molecule has 0 amide bonds. The van der Waals surface area contributed by atoms with Crippen LogP contribution in [0.4, 0.5) is 0 Å². The summed E-state index contributed by atoms with van der Waals surface area (Å²) in [6.45, 7) is 3.09. The predicted octanol–water partition coefficient (Wildman–Crippen LogP) is 3.87. The first-order chi connectivity index (χ1) is 7.78. The Kier molecular flexibility index (Phi) is 2.22. The van der Waals surface area contributed by atoms with Gasteiger partial charge in [0, 0.05) is 6.61 Å². The second-order valence-corrected chi connectivity index (χ2v) is 4.74. The summed E-state index contributed by atoms with van der Waals surface area (Å²) < 4.78 is 5.88. The number of benzene rings is 2. The molecule has 1 saturated heterocycles. The highest BCUT2D eigenvalue weighted by molar-refractivity contribution is 5.83. The molecule has 2 aromatic rings. The average molecular weight is 212 g/mol. The van der Waals surface area contributed by atoms with E-state index in [1.165, 1.54) is 22.8 Å². The first-order valence-corrected chi connectivity index (χ1v) is 5.91. The highest BCUT2D eigenvalue weighted by Gasteiger charge is 2.31. The van der Waals surface area contributed by atoms with Gasteiger partial charge < -0.3 is 4.74 Å². The summed E-state index contributed by atoms with van der Waals surface area (Å²) in [5, 5.41) is 2.60. The van der Waals surface area contributed by atoms with Crippen LogP contribution in [0, 0.1) is 0 Å². The second-order valence-electron chi connectivity index (χ2n) is 4.74. The fraction of sp³-hybridized carbons (Fsp3) is 0.333. The van der Waals surface area contributed by atoms with Crippen LogP contribution in [0.3, 0.4) is 0 Å². The molecule has 82 valence electrons. The Hall–Kier alpha value is -1.34. The molecule has 1 aliphatic heterocycles. The summed E-state index contributed by atoms with van der Waals surface area (Å²) in [5.74, 6) is 0. The second kappa shape index (κ2) is 3.60. The van der Waals surface area contributed by atoms with E-state index in [1.54, 1.807) is 0 Å². The third-order valence-electron chi connectivity index (χ3n) is 3.58. The maximum atomic E-state index is 5.88. The lowest BCUT2D eigenvalue weighted by Gasteiger charge is -2.24. The van der Waals surface area contributed by atoms with Gasteiger partial charge in [-0.3, -0.25) is 0 Å². The largest absolute Gasteiger partial charge is 0.371 e. The molecule has 1 nitrogen and oxygen atoms in total. The molecule has 0 aromatic heterocycles. The fourth-order valence-corrected chi connectivity index (χ4v) is 2.53. The molecule has 3 rings (SSSR count).